The topological polar surface area (TPSA) is 46.5 Å². The molecule has 114 valence electrons. The number of hydrogen-bond donors (Lipinski definition) is 1. The summed E-state index contributed by atoms with van der Waals surface area (Å²) < 4.78 is 5.16. The third kappa shape index (κ3) is 2.97. The normalized spacial score (nSPS) is 19.7. The van der Waals surface area contributed by atoms with Gasteiger partial charge in [0.15, 0.2) is 0 Å². The molecule has 2 aromatic rings. The van der Waals surface area contributed by atoms with E-state index >= 15 is 0 Å². The van der Waals surface area contributed by atoms with E-state index in [4.69, 9.17) is 4.74 Å². The molecule has 0 aliphatic heterocycles. The molecule has 0 saturated carbocycles. The average molecular weight is 314 g/mol. The second kappa shape index (κ2) is 6.44. The molecule has 0 fully saturated rings. The number of benzene rings is 2. The number of carbonyl (C=O) groups is 1. The smallest absolute Gasteiger partial charge is 0.308 e. The van der Waals surface area contributed by atoms with Crippen LogP contribution in [0.5, 0.6) is 5.75 Å². The molecule has 2 aromatic carbocycles. The van der Waals surface area contributed by atoms with Gasteiger partial charge in [0.2, 0.25) is 0 Å². The van der Waals surface area contributed by atoms with Crippen molar-refractivity contribution >= 4 is 17.7 Å². The van der Waals surface area contributed by atoms with Gasteiger partial charge in [-0.15, -0.1) is 11.8 Å². The SMILES string of the molecule is COc1ccc(CSC2c3ccccc3CC2C(=O)O)cc1. The maximum Gasteiger partial charge on any atom is 0.308 e. The van der Waals surface area contributed by atoms with Gasteiger partial charge in [-0.05, 0) is 35.2 Å². The van der Waals surface area contributed by atoms with Crippen LogP contribution in [0.4, 0.5) is 0 Å². The monoisotopic (exact) mass is 314 g/mol. The predicted octanol–water partition coefficient (Wildman–Crippen LogP) is 3.93. The Bertz CT molecular complexity index is 666. The van der Waals surface area contributed by atoms with E-state index in [2.05, 4.69) is 6.07 Å². The minimum Gasteiger partial charge on any atom is -0.497 e. The van der Waals surface area contributed by atoms with E-state index in [0.29, 0.717) is 6.42 Å². The highest BCUT2D eigenvalue weighted by molar-refractivity contribution is 7.98. The second-order valence-corrected chi connectivity index (χ2v) is 6.56. The number of thioether (sulfide) groups is 1. The van der Waals surface area contributed by atoms with Crippen molar-refractivity contribution in [2.75, 3.05) is 7.11 Å². The van der Waals surface area contributed by atoms with Gasteiger partial charge >= 0.3 is 5.97 Å². The van der Waals surface area contributed by atoms with E-state index in [9.17, 15) is 9.90 Å². The largest absolute Gasteiger partial charge is 0.497 e. The number of rotatable bonds is 5. The van der Waals surface area contributed by atoms with Crippen LogP contribution < -0.4 is 4.74 Å². The van der Waals surface area contributed by atoms with Gasteiger partial charge in [0.25, 0.3) is 0 Å². The fraction of sp³-hybridized carbons (Fsp3) is 0.278. The molecule has 0 saturated heterocycles. The van der Waals surface area contributed by atoms with Crippen molar-refractivity contribution in [3.05, 3.63) is 65.2 Å². The Morgan fingerprint density at radius 3 is 2.64 bits per heavy atom. The van der Waals surface area contributed by atoms with Crippen molar-refractivity contribution in [2.45, 2.75) is 17.4 Å². The molecular weight excluding hydrogens is 296 g/mol. The van der Waals surface area contributed by atoms with Gasteiger partial charge in [-0.2, -0.15) is 0 Å². The van der Waals surface area contributed by atoms with Crippen LogP contribution in [-0.4, -0.2) is 18.2 Å². The molecule has 1 aliphatic carbocycles. The first kappa shape index (κ1) is 15.0. The molecule has 2 unspecified atom stereocenters. The third-order valence-corrected chi connectivity index (χ3v) is 5.51. The van der Waals surface area contributed by atoms with Crippen molar-refractivity contribution in [2.24, 2.45) is 5.92 Å². The van der Waals surface area contributed by atoms with Crippen LogP contribution in [0.1, 0.15) is 21.9 Å². The van der Waals surface area contributed by atoms with Crippen LogP contribution in [-0.2, 0) is 17.0 Å². The van der Waals surface area contributed by atoms with Crippen LogP contribution in [0.15, 0.2) is 48.5 Å². The van der Waals surface area contributed by atoms with Gasteiger partial charge in [-0.25, -0.2) is 0 Å². The Morgan fingerprint density at radius 2 is 1.95 bits per heavy atom. The highest BCUT2D eigenvalue weighted by atomic mass is 32.2. The van der Waals surface area contributed by atoms with Crippen LogP contribution >= 0.6 is 11.8 Å². The molecule has 0 radical (unpaired) electrons. The van der Waals surface area contributed by atoms with Gasteiger partial charge < -0.3 is 9.84 Å². The predicted molar refractivity (Wildman–Crippen MR) is 88.3 cm³/mol. The van der Waals surface area contributed by atoms with Gasteiger partial charge in [0, 0.05) is 11.0 Å². The Hall–Kier alpha value is -1.94. The maximum absolute atomic E-state index is 11.5. The number of aliphatic carboxylic acids is 1. The van der Waals surface area contributed by atoms with Crippen molar-refractivity contribution in [1.29, 1.82) is 0 Å². The summed E-state index contributed by atoms with van der Waals surface area (Å²) in [6.45, 7) is 0. The van der Waals surface area contributed by atoms with Gasteiger partial charge in [0.05, 0.1) is 13.0 Å². The van der Waals surface area contributed by atoms with Crippen molar-refractivity contribution in [3.63, 3.8) is 0 Å². The summed E-state index contributed by atoms with van der Waals surface area (Å²) in [6.07, 6.45) is 0.631. The first-order valence-electron chi connectivity index (χ1n) is 7.24. The van der Waals surface area contributed by atoms with E-state index in [0.717, 1.165) is 11.5 Å². The zero-order chi connectivity index (χ0) is 15.5. The molecular formula is C18H18O3S. The summed E-state index contributed by atoms with van der Waals surface area (Å²) in [7, 11) is 1.65. The second-order valence-electron chi connectivity index (χ2n) is 5.43. The van der Waals surface area contributed by atoms with Gasteiger partial charge in [-0.3, -0.25) is 4.79 Å². The van der Waals surface area contributed by atoms with Crippen LogP contribution in [0.3, 0.4) is 0 Å². The molecule has 0 bridgehead atoms. The quantitative estimate of drug-likeness (QED) is 0.908. The number of methoxy groups -OCH3 is 1. The standard InChI is InChI=1S/C18H18O3S/c1-21-14-8-6-12(7-9-14)11-22-17-15-5-3-2-4-13(15)10-16(17)18(19)20/h2-9,16-17H,10-11H2,1H3,(H,19,20). The zero-order valence-electron chi connectivity index (χ0n) is 12.4. The molecule has 4 heteroatoms. The number of ether oxygens (including phenoxy) is 1. The molecule has 0 amide bonds. The van der Waals surface area contributed by atoms with Crippen molar-refractivity contribution in [1.82, 2.24) is 0 Å². The summed E-state index contributed by atoms with van der Waals surface area (Å²) in [5.74, 6) is 0.597. The van der Waals surface area contributed by atoms with E-state index in [1.807, 2.05) is 42.5 Å². The Labute approximate surface area is 134 Å². The van der Waals surface area contributed by atoms with Crippen LogP contribution in [0.2, 0.25) is 0 Å². The van der Waals surface area contributed by atoms with Crippen LogP contribution in [0, 0.1) is 5.92 Å². The first-order chi connectivity index (χ1) is 10.7. The minimum absolute atomic E-state index is 0.0239. The Balaban J connectivity index is 1.75. The molecule has 1 N–H and O–H groups in total. The molecule has 1 aliphatic rings. The zero-order valence-corrected chi connectivity index (χ0v) is 13.2. The summed E-state index contributed by atoms with van der Waals surface area (Å²) in [5.41, 5.74) is 3.52. The lowest BCUT2D eigenvalue weighted by molar-refractivity contribution is -0.141. The Kier molecular flexibility index (Phi) is 4.39. The number of carboxylic acids is 1. The maximum atomic E-state index is 11.5. The van der Waals surface area contributed by atoms with Crippen molar-refractivity contribution < 1.29 is 14.6 Å². The molecule has 0 heterocycles. The molecule has 0 spiro atoms. The minimum atomic E-state index is -0.705. The highest BCUT2D eigenvalue weighted by Gasteiger charge is 2.37. The fourth-order valence-electron chi connectivity index (χ4n) is 2.89. The summed E-state index contributed by atoms with van der Waals surface area (Å²) >= 11 is 1.71. The molecule has 0 aromatic heterocycles. The molecule has 3 rings (SSSR count). The lowest BCUT2D eigenvalue weighted by Crippen LogP contribution is -2.16. The lowest BCUT2D eigenvalue weighted by Gasteiger charge is -2.16. The molecule has 2 atom stereocenters. The number of carboxylic acid groups (broad SMARTS) is 1. The van der Waals surface area contributed by atoms with E-state index in [1.165, 1.54) is 16.7 Å². The lowest BCUT2D eigenvalue weighted by atomic mass is 10.1. The van der Waals surface area contributed by atoms with E-state index in [-0.39, 0.29) is 11.2 Å². The average Bonchev–Trinajstić information content (AvgIpc) is 2.92. The van der Waals surface area contributed by atoms with Gasteiger partial charge in [-0.1, -0.05) is 36.4 Å². The van der Waals surface area contributed by atoms with E-state index < -0.39 is 5.97 Å². The number of fused-ring (bicyclic) bond motifs is 1. The fourth-order valence-corrected chi connectivity index (χ4v) is 4.31. The molecule has 22 heavy (non-hydrogen) atoms. The first-order valence-corrected chi connectivity index (χ1v) is 8.29. The van der Waals surface area contributed by atoms with E-state index in [1.54, 1.807) is 18.9 Å². The third-order valence-electron chi connectivity index (χ3n) is 4.07. The highest BCUT2D eigenvalue weighted by Crippen LogP contribution is 2.46. The summed E-state index contributed by atoms with van der Waals surface area (Å²) in [6, 6.07) is 16.0. The molecule has 3 nitrogen and oxygen atoms in total. The van der Waals surface area contributed by atoms with Crippen LogP contribution in [0.25, 0.3) is 0 Å². The number of hydrogen-bond acceptors (Lipinski definition) is 3. The Morgan fingerprint density at radius 1 is 1.23 bits per heavy atom. The summed E-state index contributed by atoms with van der Waals surface area (Å²) in [5, 5.41) is 9.52. The summed E-state index contributed by atoms with van der Waals surface area (Å²) in [4.78, 5) is 11.5. The van der Waals surface area contributed by atoms with Crippen molar-refractivity contribution in [3.8, 4) is 5.75 Å². The van der Waals surface area contributed by atoms with Gasteiger partial charge in [0.1, 0.15) is 5.75 Å².